The molecular formula is C23H23N3O3. The number of anilines is 2. The van der Waals surface area contributed by atoms with E-state index < -0.39 is 5.91 Å². The zero-order valence-electron chi connectivity index (χ0n) is 16.9. The molecule has 6 heteroatoms. The average molecular weight is 389 g/mol. The van der Waals surface area contributed by atoms with Crippen LogP contribution in [0.25, 0.3) is 0 Å². The molecule has 0 spiro atoms. The molecule has 2 amide bonds. The Hall–Kier alpha value is -3.67. The monoisotopic (exact) mass is 389 g/mol. The van der Waals surface area contributed by atoms with E-state index in [1.165, 1.54) is 12.3 Å². The maximum Gasteiger partial charge on any atom is 0.274 e. The Labute approximate surface area is 169 Å². The number of pyridine rings is 1. The fourth-order valence-electron chi connectivity index (χ4n) is 3.15. The average Bonchev–Trinajstić information content (AvgIpc) is 2.70. The number of ether oxygens (including phenoxy) is 1. The van der Waals surface area contributed by atoms with Gasteiger partial charge < -0.3 is 15.4 Å². The predicted molar refractivity (Wildman–Crippen MR) is 114 cm³/mol. The van der Waals surface area contributed by atoms with Gasteiger partial charge in [0, 0.05) is 29.2 Å². The Morgan fingerprint density at radius 3 is 2.31 bits per heavy atom. The van der Waals surface area contributed by atoms with Gasteiger partial charge in [0.2, 0.25) is 0 Å². The molecule has 0 saturated heterocycles. The first-order valence-electron chi connectivity index (χ1n) is 9.18. The lowest BCUT2D eigenvalue weighted by Gasteiger charge is -2.13. The van der Waals surface area contributed by atoms with Crippen LogP contribution in [0.1, 0.15) is 37.5 Å². The largest absolute Gasteiger partial charge is 0.497 e. The molecule has 6 nitrogen and oxygen atoms in total. The van der Waals surface area contributed by atoms with Gasteiger partial charge in [0.15, 0.2) is 0 Å². The second kappa shape index (κ2) is 8.56. The molecule has 0 aliphatic rings. The van der Waals surface area contributed by atoms with E-state index in [-0.39, 0.29) is 11.6 Å². The molecule has 0 fully saturated rings. The molecule has 0 aliphatic heterocycles. The molecule has 2 N–H and O–H groups in total. The molecule has 0 atom stereocenters. The quantitative estimate of drug-likeness (QED) is 0.672. The lowest BCUT2D eigenvalue weighted by Crippen LogP contribution is -2.17. The number of nitrogens with zero attached hydrogens (tertiary/aromatic N) is 1. The molecule has 148 valence electrons. The van der Waals surface area contributed by atoms with E-state index in [4.69, 9.17) is 4.74 Å². The van der Waals surface area contributed by atoms with E-state index in [9.17, 15) is 9.59 Å². The van der Waals surface area contributed by atoms with Crippen molar-refractivity contribution < 1.29 is 14.3 Å². The summed E-state index contributed by atoms with van der Waals surface area (Å²) in [5.74, 6) is -0.0683. The third-order valence-corrected chi connectivity index (χ3v) is 4.50. The van der Waals surface area contributed by atoms with Gasteiger partial charge >= 0.3 is 0 Å². The first-order chi connectivity index (χ1) is 13.9. The number of benzene rings is 2. The van der Waals surface area contributed by atoms with Crippen molar-refractivity contribution in [2.45, 2.75) is 20.8 Å². The summed E-state index contributed by atoms with van der Waals surface area (Å²) in [5, 5.41) is 5.70. The standard InChI is InChI=1S/C23H23N3O3/c1-14-10-15(2)21(16(3)11-14)26-22(27)17-8-9-24-20(12-17)23(28)25-18-6-5-7-19(13-18)29-4/h5-13H,1-4H3,(H,25,28)(H,26,27). The molecule has 3 aromatic rings. The fourth-order valence-corrected chi connectivity index (χ4v) is 3.15. The van der Waals surface area contributed by atoms with Gasteiger partial charge in [0.1, 0.15) is 11.4 Å². The van der Waals surface area contributed by atoms with Crippen LogP contribution in [-0.4, -0.2) is 23.9 Å². The topological polar surface area (TPSA) is 80.3 Å². The van der Waals surface area contributed by atoms with Gasteiger partial charge in [-0.05, 0) is 56.2 Å². The summed E-state index contributed by atoms with van der Waals surface area (Å²) < 4.78 is 5.16. The van der Waals surface area contributed by atoms with Gasteiger partial charge in [0.05, 0.1) is 7.11 Å². The Bertz CT molecular complexity index is 1050. The summed E-state index contributed by atoms with van der Waals surface area (Å²) in [6.45, 7) is 5.92. The van der Waals surface area contributed by atoms with Crippen molar-refractivity contribution in [2.24, 2.45) is 0 Å². The molecular weight excluding hydrogens is 366 g/mol. The fraction of sp³-hybridized carbons (Fsp3) is 0.174. The van der Waals surface area contributed by atoms with Gasteiger partial charge in [-0.25, -0.2) is 0 Å². The highest BCUT2D eigenvalue weighted by atomic mass is 16.5. The van der Waals surface area contributed by atoms with E-state index in [1.807, 2.05) is 32.9 Å². The second-order valence-electron chi connectivity index (χ2n) is 6.84. The van der Waals surface area contributed by atoms with Crippen LogP contribution in [0, 0.1) is 20.8 Å². The molecule has 3 rings (SSSR count). The van der Waals surface area contributed by atoms with Crippen LogP contribution in [0.4, 0.5) is 11.4 Å². The number of aryl methyl sites for hydroxylation is 3. The molecule has 1 heterocycles. The van der Waals surface area contributed by atoms with Crippen molar-refractivity contribution in [1.82, 2.24) is 4.98 Å². The summed E-state index contributed by atoms with van der Waals surface area (Å²) in [6, 6.07) is 14.1. The maximum absolute atomic E-state index is 12.7. The Kier molecular flexibility index (Phi) is 5.93. The highest BCUT2D eigenvalue weighted by Gasteiger charge is 2.14. The third kappa shape index (κ3) is 4.79. The highest BCUT2D eigenvalue weighted by Crippen LogP contribution is 2.23. The summed E-state index contributed by atoms with van der Waals surface area (Å²) in [5.41, 5.74) is 4.98. The minimum Gasteiger partial charge on any atom is -0.497 e. The number of hydrogen-bond acceptors (Lipinski definition) is 4. The van der Waals surface area contributed by atoms with Crippen LogP contribution in [-0.2, 0) is 0 Å². The van der Waals surface area contributed by atoms with Crippen LogP contribution < -0.4 is 15.4 Å². The van der Waals surface area contributed by atoms with E-state index in [0.29, 0.717) is 17.0 Å². The Morgan fingerprint density at radius 1 is 0.897 bits per heavy atom. The molecule has 0 aliphatic carbocycles. The summed E-state index contributed by atoms with van der Waals surface area (Å²) in [6.07, 6.45) is 1.45. The van der Waals surface area contributed by atoms with Crippen LogP contribution in [0.2, 0.25) is 0 Å². The van der Waals surface area contributed by atoms with Crippen molar-refractivity contribution in [2.75, 3.05) is 17.7 Å². The smallest absolute Gasteiger partial charge is 0.274 e. The first kappa shape index (κ1) is 20.1. The van der Waals surface area contributed by atoms with Gasteiger partial charge in [-0.1, -0.05) is 23.8 Å². The van der Waals surface area contributed by atoms with Crippen molar-refractivity contribution in [3.8, 4) is 5.75 Å². The van der Waals surface area contributed by atoms with Crippen molar-refractivity contribution in [1.29, 1.82) is 0 Å². The number of nitrogens with one attached hydrogen (secondary N) is 2. The minimum atomic E-state index is -0.407. The third-order valence-electron chi connectivity index (χ3n) is 4.50. The SMILES string of the molecule is COc1cccc(NC(=O)c2cc(C(=O)Nc3c(C)cc(C)cc3C)ccn2)c1. The lowest BCUT2D eigenvalue weighted by atomic mass is 10.0. The summed E-state index contributed by atoms with van der Waals surface area (Å²) >= 11 is 0. The molecule has 0 unspecified atom stereocenters. The lowest BCUT2D eigenvalue weighted by molar-refractivity contribution is 0.102. The number of rotatable bonds is 5. The highest BCUT2D eigenvalue weighted by molar-refractivity contribution is 6.08. The van der Waals surface area contributed by atoms with Crippen LogP contribution in [0.5, 0.6) is 5.75 Å². The zero-order chi connectivity index (χ0) is 21.0. The number of methoxy groups -OCH3 is 1. The van der Waals surface area contributed by atoms with Gasteiger partial charge in [-0.3, -0.25) is 14.6 Å². The number of carbonyl (C=O) groups is 2. The summed E-state index contributed by atoms with van der Waals surface area (Å²) in [4.78, 5) is 29.4. The van der Waals surface area contributed by atoms with Gasteiger partial charge in [0.25, 0.3) is 11.8 Å². The number of amides is 2. The van der Waals surface area contributed by atoms with E-state index in [2.05, 4.69) is 15.6 Å². The maximum atomic E-state index is 12.7. The zero-order valence-corrected chi connectivity index (χ0v) is 16.9. The molecule has 1 aromatic heterocycles. The normalized spacial score (nSPS) is 10.3. The molecule has 0 radical (unpaired) electrons. The number of hydrogen-bond donors (Lipinski definition) is 2. The Morgan fingerprint density at radius 2 is 1.62 bits per heavy atom. The second-order valence-corrected chi connectivity index (χ2v) is 6.84. The van der Waals surface area contributed by atoms with Crippen molar-refractivity contribution in [3.63, 3.8) is 0 Å². The molecule has 0 bridgehead atoms. The van der Waals surface area contributed by atoms with Crippen molar-refractivity contribution in [3.05, 3.63) is 82.7 Å². The first-order valence-corrected chi connectivity index (χ1v) is 9.18. The minimum absolute atomic E-state index is 0.151. The van der Waals surface area contributed by atoms with Crippen molar-refractivity contribution >= 4 is 23.2 Å². The Balaban J connectivity index is 1.78. The van der Waals surface area contributed by atoms with E-state index in [1.54, 1.807) is 37.4 Å². The molecule has 2 aromatic carbocycles. The van der Waals surface area contributed by atoms with Gasteiger partial charge in [-0.2, -0.15) is 0 Å². The summed E-state index contributed by atoms with van der Waals surface area (Å²) in [7, 11) is 1.56. The predicted octanol–water partition coefficient (Wildman–Crippen LogP) is 4.52. The van der Waals surface area contributed by atoms with Gasteiger partial charge in [-0.15, -0.1) is 0 Å². The molecule has 29 heavy (non-hydrogen) atoms. The number of carbonyl (C=O) groups excluding carboxylic acids is 2. The van der Waals surface area contributed by atoms with E-state index >= 15 is 0 Å². The molecule has 0 saturated carbocycles. The van der Waals surface area contributed by atoms with Crippen LogP contribution in [0.15, 0.2) is 54.7 Å². The number of aromatic nitrogens is 1. The van der Waals surface area contributed by atoms with E-state index in [0.717, 1.165) is 22.4 Å². The van der Waals surface area contributed by atoms with Crippen LogP contribution >= 0.6 is 0 Å². The van der Waals surface area contributed by atoms with Crippen LogP contribution in [0.3, 0.4) is 0 Å².